The SMILES string of the molecule is Cc1nnc(NC(=O)c2cc(C)c3nc(N)sc3c2)s1. The second-order valence-electron chi connectivity index (χ2n) is 4.27. The molecule has 0 aliphatic carbocycles. The van der Waals surface area contributed by atoms with Crippen molar-refractivity contribution in [3.63, 3.8) is 0 Å². The highest BCUT2D eigenvalue weighted by Gasteiger charge is 2.13. The van der Waals surface area contributed by atoms with Crippen LogP contribution in [0.4, 0.5) is 10.3 Å². The summed E-state index contributed by atoms with van der Waals surface area (Å²) in [5.74, 6) is -0.210. The van der Waals surface area contributed by atoms with Crippen LogP contribution in [0.15, 0.2) is 12.1 Å². The number of carbonyl (C=O) groups is 1. The van der Waals surface area contributed by atoms with Crippen LogP contribution in [0.5, 0.6) is 0 Å². The molecular weight excluding hydrogens is 294 g/mol. The normalized spacial score (nSPS) is 10.9. The molecule has 2 heterocycles. The lowest BCUT2D eigenvalue weighted by Crippen LogP contribution is -2.11. The number of aromatic nitrogens is 3. The van der Waals surface area contributed by atoms with Gasteiger partial charge in [-0.15, -0.1) is 10.2 Å². The Morgan fingerprint density at radius 3 is 2.75 bits per heavy atom. The van der Waals surface area contributed by atoms with Crippen LogP contribution in [0.25, 0.3) is 10.2 Å². The van der Waals surface area contributed by atoms with Crippen molar-refractivity contribution in [2.75, 3.05) is 11.1 Å². The van der Waals surface area contributed by atoms with Crippen molar-refractivity contribution >= 4 is 49.1 Å². The standard InChI is InChI=1S/C12H11N5OS2/c1-5-3-7(4-8-9(5)14-11(13)20-8)10(18)15-12-17-16-6(2)19-12/h3-4H,1-2H3,(H2,13,14)(H,15,17,18). The lowest BCUT2D eigenvalue weighted by atomic mass is 10.1. The summed E-state index contributed by atoms with van der Waals surface area (Å²) in [4.78, 5) is 16.5. The van der Waals surface area contributed by atoms with Crippen LogP contribution in [0.3, 0.4) is 0 Å². The first-order valence-corrected chi connectivity index (χ1v) is 7.44. The molecule has 2 aromatic heterocycles. The van der Waals surface area contributed by atoms with Gasteiger partial charge < -0.3 is 5.73 Å². The fourth-order valence-electron chi connectivity index (χ4n) is 1.86. The first kappa shape index (κ1) is 12.9. The van der Waals surface area contributed by atoms with Gasteiger partial charge in [-0.05, 0) is 31.5 Å². The number of anilines is 2. The Hall–Kier alpha value is -2.06. The first-order chi connectivity index (χ1) is 9.52. The van der Waals surface area contributed by atoms with E-state index in [2.05, 4.69) is 20.5 Å². The van der Waals surface area contributed by atoms with E-state index in [4.69, 9.17) is 5.73 Å². The van der Waals surface area contributed by atoms with Crippen molar-refractivity contribution in [3.8, 4) is 0 Å². The molecule has 102 valence electrons. The quantitative estimate of drug-likeness (QED) is 0.759. The Balaban J connectivity index is 1.95. The molecule has 1 amide bonds. The summed E-state index contributed by atoms with van der Waals surface area (Å²) in [5, 5.41) is 12.3. The maximum absolute atomic E-state index is 12.2. The number of nitrogens with zero attached hydrogens (tertiary/aromatic N) is 3. The van der Waals surface area contributed by atoms with Crippen molar-refractivity contribution in [2.45, 2.75) is 13.8 Å². The monoisotopic (exact) mass is 305 g/mol. The van der Waals surface area contributed by atoms with E-state index in [0.29, 0.717) is 15.8 Å². The van der Waals surface area contributed by atoms with Crippen molar-refractivity contribution in [2.24, 2.45) is 0 Å². The molecule has 0 spiro atoms. The summed E-state index contributed by atoms with van der Waals surface area (Å²) in [6.45, 7) is 3.75. The fourth-order valence-corrected chi connectivity index (χ4v) is 3.30. The summed E-state index contributed by atoms with van der Waals surface area (Å²) in [7, 11) is 0. The third-order valence-corrected chi connectivity index (χ3v) is 4.30. The summed E-state index contributed by atoms with van der Waals surface area (Å²) in [5.41, 5.74) is 8.03. The zero-order chi connectivity index (χ0) is 14.3. The Morgan fingerprint density at radius 2 is 2.05 bits per heavy atom. The van der Waals surface area contributed by atoms with Crippen LogP contribution in [-0.2, 0) is 0 Å². The number of nitrogen functional groups attached to an aromatic ring is 1. The van der Waals surface area contributed by atoms with Gasteiger partial charge in [-0.25, -0.2) is 4.98 Å². The number of rotatable bonds is 2. The van der Waals surface area contributed by atoms with E-state index in [-0.39, 0.29) is 5.91 Å². The minimum absolute atomic E-state index is 0.210. The molecule has 3 aromatic rings. The highest BCUT2D eigenvalue weighted by Crippen LogP contribution is 2.28. The van der Waals surface area contributed by atoms with Gasteiger partial charge in [-0.1, -0.05) is 22.7 Å². The first-order valence-electron chi connectivity index (χ1n) is 5.81. The van der Waals surface area contributed by atoms with Crippen molar-refractivity contribution in [1.82, 2.24) is 15.2 Å². The van der Waals surface area contributed by atoms with Crippen LogP contribution in [-0.4, -0.2) is 21.1 Å². The number of benzene rings is 1. The molecule has 6 nitrogen and oxygen atoms in total. The Kier molecular flexibility index (Phi) is 3.11. The van der Waals surface area contributed by atoms with Crippen LogP contribution < -0.4 is 11.1 Å². The second-order valence-corrected chi connectivity index (χ2v) is 6.52. The zero-order valence-electron chi connectivity index (χ0n) is 10.8. The summed E-state index contributed by atoms with van der Waals surface area (Å²) in [6, 6.07) is 3.59. The second kappa shape index (κ2) is 4.80. The average molecular weight is 305 g/mol. The van der Waals surface area contributed by atoms with Gasteiger partial charge in [0.25, 0.3) is 5.91 Å². The van der Waals surface area contributed by atoms with Crippen molar-refractivity contribution < 1.29 is 4.79 Å². The molecule has 0 bridgehead atoms. The van der Waals surface area contributed by atoms with E-state index in [0.717, 1.165) is 20.8 Å². The van der Waals surface area contributed by atoms with E-state index in [9.17, 15) is 4.79 Å². The maximum atomic E-state index is 12.2. The lowest BCUT2D eigenvalue weighted by Gasteiger charge is -2.03. The number of fused-ring (bicyclic) bond motifs is 1. The van der Waals surface area contributed by atoms with Crippen molar-refractivity contribution in [1.29, 1.82) is 0 Å². The van der Waals surface area contributed by atoms with Gasteiger partial charge in [0.2, 0.25) is 5.13 Å². The fraction of sp³-hybridized carbons (Fsp3) is 0.167. The molecule has 0 aliphatic heterocycles. The molecule has 0 fully saturated rings. The van der Waals surface area contributed by atoms with E-state index in [1.165, 1.54) is 22.7 Å². The molecule has 0 radical (unpaired) electrons. The molecule has 0 atom stereocenters. The van der Waals surface area contributed by atoms with Crippen molar-refractivity contribution in [3.05, 3.63) is 28.3 Å². The number of carbonyl (C=O) groups excluding carboxylic acids is 1. The Bertz CT molecular complexity index is 807. The minimum atomic E-state index is -0.210. The van der Waals surface area contributed by atoms with Gasteiger partial charge in [-0.3, -0.25) is 10.1 Å². The molecule has 3 N–H and O–H groups in total. The van der Waals surface area contributed by atoms with Gasteiger partial charge >= 0.3 is 0 Å². The largest absolute Gasteiger partial charge is 0.375 e. The van der Waals surface area contributed by atoms with Crippen LogP contribution >= 0.6 is 22.7 Å². The van der Waals surface area contributed by atoms with E-state index in [1.54, 1.807) is 12.1 Å². The van der Waals surface area contributed by atoms with Crippen LogP contribution in [0, 0.1) is 13.8 Å². The number of nitrogens with two attached hydrogens (primary N) is 1. The van der Waals surface area contributed by atoms with Crippen LogP contribution in [0.1, 0.15) is 20.9 Å². The van der Waals surface area contributed by atoms with Gasteiger partial charge in [0.05, 0.1) is 10.2 Å². The maximum Gasteiger partial charge on any atom is 0.257 e. The number of aryl methyl sites for hydroxylation is 2. The highest BCUT2D eigenvalue weighted by molar-refractivity contribution is 7.22. The molecule has 0 saturated heterocycles. The number of thiazole rings is 1. The van der Waals surface area contributed by atoms with Gasteiger partial charge in [0.15, 0.2) is 5.13 Å². The highest BCUT2D eigenvalue weighted by atomic mass is 32.1. The molecule has 0 saturated carbocycles. The minimum Gasteiger partial charge on any atom is -0.375 e. The average Bonchev–Trinajstić information content (AvgIpc) is 2.95. The molecule has 0 unspecified atom stereocenters. The molecule has 8 heteroatoms. The molecule has 20 heavy (non-hydrogen) atoms. The topological polar surface area (TPSA) is 93.8 Å². The summed E-state index contributed by atoms with van der Waals surface area (Å²) in [6.07, 6.45) is 0. The number of nitrogens with one attached hydrogen (secondary N) is 1. The third kappa shape index (κ3) is 2.35. The smallest absolute Gasteiger partial charge is 0.257 e. The number of hydrogen-bond acceptors (Lipinski definition) is 7. The van der Waals surface area contributed by atoms with Gasteiger partial charge in [0.1, 0.15) is 5.01 Å². The molecule has 3 rings (SSSR count). The van der Waals surface area contributed by atoms with Gasteiger partial charge in [-0.2, -0.15) is 0 Å². The predicted molar refractivity (Wildman–Crippen MR) is 81.4 cm³/mol. The summed E-state index contributed by atoms with van der Waals surface area (Å²) < 4.78 is 0.904. The Morgan fingerprint density at radius 1 is 1.25 bits per heavy atom. The predicted octanol–water partition coefficient (Wildman–Crippen LogP) is 2.60. The van der Waals surface area contributed by atoms with E-state index >= 15 is 0 Å². The third-order valence-electron chi connectivity index (χ3n) is 2.71. The number of amides is 1. The van der Waals surface area contributed by atoms with Gasteiger partial charge in [0, 0.05) is 5.56 Å². The Labute approximate surface area is 122 Å². The molecule has 0 aliphatic rings. The number of hydrogen-bond donors (Lipinski definition) is 2. The zero-order valence-corrected chi connectivity index (χ0v) is 12.4. The van der Waals surface area contributed by atoms with E-state index < -0.39 is 0 Å². The van der Waals surface area contributed by atoms with E-state index in [1.807, 2.05) is 13.8 Å². The lowest BCUT2D eigenvalue weighted by molar-refractivity contribution is 0.102. The van der Waals surface area contributed by atoms with Crippen LogP contribution in [0.2, 0.25) is 0 Å². The molecular formula is C12H11N5OS2. The summed E-state index contributed by atoms with van der Waals surface area (Å²) >= 11 is 2.71. The molecule has 1 aromatic carbocycles.